The zero-order valence-corrected chi connectivity index (χ0v) is 14.2. The van der Waals surface area contributed by atoms with Crippen LogP contribution in [-0.4, -0.2) is 11.8 Å². The van der Waals surface area contributed by atoms with Crippen molar-refractivity contribution in [1.29, 1.82) is 0 Å². The van der Waals surface area contributed by atoms with Crippen molar-refractivity contribution in [2.75, 3.05) is 0 Å². The minimum Gasteiger partial charge on any atom is -0.267 e. The third kappa shape index (κ3) is 4.33. The lowest BCUT2D eigenvalue weighted by Crippen LogP contribution is -2.41. The van der Waals surface area contributed by atoms with Gasteiger partial charge in [-0.05, 0) is 52.9 Å². The van der Waals surface area contributed by atoms with Crippen molar-refractivity contribution in [3.63, 3.8) is 0 Å². The largest absolute Gasteiger partial charge is 0.270 e. The Morgan fingerprint density at radius 2 is 1.48 bits per heavy atom. The van der Waals surface area contributed by atoms with Crippen LogP contribution in [0.5, 0.6) is 0 Å². The summed E-state index contributed by atoms with van der Waals surface area (Å²) in [7, 11) is 0. The average Bonchev–Trinajstić information content (AvgIpc) is 2.43. The number of nitrogens with one attached hydrogen (secondary N) is 2. The van der Waals surface area contributed by atoms with E-state index in [1.807, 2.05) is 28.7 Å². The summed E-state index contributed by atoms with van der Waals surface area (Å²) >= 11 is 13.7. The molecule has 7 heteroatoms. The molecule has 0 saturated carbocycles. The van der Waals surface area contributed by atoms with E-state index in [-0.39, 0.29) is 5.56 Å². The minimum atomic E-state index is -0.501. The summed E-state index contributed by atoms with van der Waals surface area (Å²) in [6.45, 7) is 0. The minimum absolute atomic E-state index is 0.260. The molecule has 21 heavy (non-hydrogen) atoms. The number of benzene rings is 2. The van der Waals surface area contributed by atoms with Gasteiger partial charge < -0.3 is 0 Å². The van der Waals surface area contributed by atoms with Crippen LogP contribution in [-0.2, 0) is 0 Å². The lowest BCUT2D eigenvalue weighted by molar-refractivity contribution is 0.0846. The first-order valence-electron chi connectivity index (χ1n) is 5.78. The number of rotatable bonds is 2. The monoisotopic (exact) mass is 434 g/mol. The summed E-state index contributed by atoms with van der Waals surface area (Å²) in [5.41, 5.74) is 5.40. The summed E-state index contributed by atoms with van der Waals surface area (Å²) in [6.07, 6.45) is 0. The number of amides is 2. The van der Waals surface area contributed by atoms with Crippen LogP contribution in [0.2, 0.25) is 10.0 Å². The van der Waals surface area contributed by atoms with E-state index in [1.165, 1.54) is 18.2 Å². The first-order chi connectivity index (χ1) is 9.97. The van der Waals surface area contributed by atoms with Gasteiger partial charge >= 0.3 is 0 Å². The molecule has 2 aromatic carbocycles. The molecule has 2 N–H and O–H groups in total. The highest BCUT2D eigenvalue weighted by molar-refractivity contribution is 14.1. The van der Waals surface area contributed by atoms with E-state index in [4.69, 9.17) is 23.2 Å². The second-order valence-corrected chi connectivity index (χ2v) is 6.08. The van der Waals surface area contributed by atoms with Crippen molar-refractivity contribution >= 4 is 57.6 Å². The third-order valence-corrected chi connectivity index (χ3v) is 3.91. The molecule has 108 valence electrons. The Bertz CT molecular complexity index is 687. The summed E-state index contributed by atoms with van der Waals surface area (Å²) in [6, 6.07) is 11.5. The molecule has 0 aliphatic carbocycles. The highest BCUT2D eigenvalue weighted by Crippen LogP contribution is 2.18. The normalized spacial score (nSPS) is 10.0. The molecule has 0 aromatic heterocycles. The van der Waals surface area contributed by atoms with Crippen molar-refractivity contribution in [2.24, 2.45) is 0 Å². The fourth-order valence-electron chi connectivity index (χ4n) is 1.58. The SMILES string of the molecule is O=C(NNC(=O)c1ccccc1I)c1cc(Cl)cc(Cl)c1. The second-order valence-electron chi connectivity index (χ2n) is 4.05. The maximum atomic E-state index is 12.0. The zero-order valence-electron chi connectivity index (χ0n) is 10.5. The van der Waals surface area contributed by atoms with E-state index in [1.54, 1.807) is 18.2 Å². The van der Waals surface area contributed by atoms with E-state index in [0.717, 1.165) is 3.57 Å². The molecule has 0 fully saturated rings. The highest BCUT2D eigenvalue weighted by atomic mass is 127. The maximum absolute atomic E-state index is 12.0. The molecule has 0 unspecified atom stereocenters. The zero-order chi connectivity index (χ0) is 15.4. The van der Waals surface area contributed by atoms with Crippen molar-refractivity contribution in [3.05, 3.63) is 67.2 Å². The van der Waals surface area contributed by atoms with Crippen LogP contribution in [0.25, 0.3) is 0 Å². The second kappa shape index (κ2) is 7.11. The van der Waals surface area contributed by atoms with Crippen molar-refractivity contribution in [1.82, 2.24) is 10.9 Å². The quantitative estimate of drug-likeness (QED) is 0.559. The van der Waals surface area contributed by atoms with Gasteiger partial charge in [-0.1, -0.05) is 35.3 Å². The van der Waals surface area contributed by atoms with Gasteiger partial charge in [0, 0.05) is 19.2 Å². The number of carbonyl (C=O) groups is 2. The summed E-state index contributed by atoms with van der Waals surface area (Å²) < 4.78 is 0.785. The molecule has 2 amide bonds. The van der Waals surface area contributed by atoms with Crippen LogP contribution >= 0.6 is 45.8 Å². The van der Waals surface area contributed by atoms with Crippen LogP contribution in [0, 0.1) is 3.57 Å². The maximum Gasteiger partial charge on any atom is 0.270 e. The van der Waals surface area contributed by atoms with E-state index in [2.05, 4.69) is 10.9 Å². The number of hydrazine groups is 1. The van der Waals surface area contributed by atoms with Gasteiger partial charge in [0.2, 0.25) is 0 Å². The van der Waals surface area contributed by atoms with Gasteiger partial charge in [-0.15, -0.1) is 0 Å². The molecule has 0 bridgehead atoms. The Balaban J connectivity index is 2.04. The van der Waals surface area contributed by atoms with E-state index in [0.29, 0.717) is 15.6 Å². The highest BCUT2D eigenvalue weighted by Gasteiger charge is 2.12. The number of hydrogen-bond donors (Lipinski definition) is 2. The van der Waals surface area contributed by atoms with Crippen LogP contribution in [0.1, 0.15) is 20.7 Å². The Morgan fingerprint density at radius 1 is 0.905 bits per heavy atom. The Hall–Kier alpha value is -1.31. The Kier molecular flexibility index (Phi) is 5.44. The Morgan fingerprint density at radius 3 is 2.10 bits per heavy atom. The molecule has 0 atom stereocenters. The molecule has 0 aliphatic heterocycles. The van der Waals surface area contributed by atoms with Crippen LogP contribution in [0.15, 0.2) is 42.5 Å². The van der Waals surface area contributed by atoms with E-state index in [9.17, 15) is 9.59 Å². The summed E-state index contributed by atoms with van der Waals surface area (Å²) in [5.74, 6) is -0.903. The molecule has 0 saturated heterocycles. The number of carbonyl (C=O) groups excluding carboxylic acids is 2. The molecule has 2 rings (SSSR count). The number of hydrogen-bond acceptors (Lipinski definition) is 2. The first-order valence-corrected chi connectivity index (χ1v) is 7.62. The van der Waals surface area contributed by atoms with Gasteiger partial charge in [-0.2, -0.15) is 0 Å². The predicted octanol–water partition coefficient (Wildman–Crippen LogP) is 3.67. The molecule has 0 radical (unpaired) electrons. The van der Waals surface area contributed by atoms with Crippen molar-refractivity contribution in [2.45, 2.75) is 0 Å². The van der Waals surface area contributed by atoms with E-state index >= 15 is 0 Å². The molecular formula is C14H9Cl2IN2O2. The third-order valence-electron chi connectivity index (χ3n) is 2.53. The van der Waals surface area contributed by atoms with E-state index < -0.39 is 11.8 Å². The standard InChI is InChI=1S/C14H9Cl2IN2O2/c15-9-5-8(6-10(16)7-9)13(20)18-19-14(21)11-3-1-2-4-12(11)17/h1-7H,(H,18,20)(H,19,21). The van der Waals surface area contributed by atoms with Crippen LogP contribution in [0.3, 0.4) is 0 Å². The van der Waals surface area contributed by atoms with Crippen LogP contribution in [0.4, 0.5) is 0 Å². The van der Waals surface area contributed by atoms with Gasteiger partial charge in [0.25, 0.3) is 11.8 Å². The van der Waals surface area contributed by atoms with Gasteiger partial charge in [-0.3, -0.25) is 20.4 Å². The van der Waals surface area contributed by atoms with Gasteiger partial charge in [-0.25, -0.2) is 0 Å². The van der Waals surface area contributed by atoms with Gasteiger partial charge in [0.15, 0.2) is 0 Å². The van der Waals surface area contributed by atoms with Gasteiger partial charge in [0.1, 0.15) is 0 Å². The van der Waals surface area contributed by atoms with Crippen molar-refractivity contribution < 1.29 is 9.59 Å². The van der Waals surface area contributed by atoms with Gasteiger partial charge in [0.05, 0.1) is 5.56 Å². The fraction of sp³-hybridized carbons (Fsp3) is 0. The molecular weight excluding hydrogens is 426 g/mol. The summed E-state index contributed by atoms with van der Waals surface area (Å²) in [5, 5.41) is 0.688. The summed E-state index contributed by atoms with van der Waals surface area (Å²) in [4.78, 5) is 23.9. The molecule has 0 heterocycles. The fourth-order valence-corrected chi connectivity index (χ4v) is 2.74. The van der Waals surface area contributed by atoms with Crippen LogP contribution < -0.4 is 10.9 Å². The van der Waals surface area contributed by atoms with Crippen molar-refractivity contribution in [3.8, 4) is 0 Å². The number of halogens is 3. The lowest BCUT2D eigenvalue weighted by Gasteiger charge is -2.09. The predicted molar refractivity (Wildman–Crippen MR) is 90.6 cm³/mol. The molecule has 2 aromatic rings. The molecule has 4 nitrogen and oxygen atoms in total. The smallest absolute Gasteiger partial charge is 0.267 e. The lowest BCUT2D eigenvalue weighted by atomic mass is 10.2. The Labute approximate surface area is 144 Å². The molecule has 0 spiro atoms. The first kappa shape index (κ1) is 16.1. The topological polar surface area (TPSA) is 58.2 Å². The average molecular weight is 435 g/mol. The molecule has 0 aliphatic rings.